The first kappa shape index (κ1) is 24.4. The Labute approximate surface area is 168 Å². The van der Waals surface area contributed by atoms with Gasteiger partial charge in [-0.2, -0.15) is 0 Å². The molecule has 0 aliphatic rings. The van der Waals surface area contributed by atoms with E-state index in [0.29, 0.717) is 31.7 Å². The molecule has 160 valence electrons. The summed E-state index contributed by atoms with van der Waals surface area (Å²) in [6.45, 7) is 8.02. The van der Waals surface area contributed by atoms with Crippen molar-refractivity contribution >= 4 is 16.1 Å². The van der Waals surface area contributed by atoms with E-state index in [1.165, 1.54) is 0 Å². The van der Waals surface area contributed by atoms with Gasteiger partial charge in [0.2, 0.25) is 10.0 Å². The van der Waals surface area contributed by atoms with Crippen LogP contribution in [0.4, 0.5) is 4.79 Å². The van der Waals surface area contributed by atoms with Crippen LogP contribution in [0.5, 0.6) is 0 Å². The number of nitrogens with one attached hydrogen (secondary N) is 2. The minimum absolute atomic E-state index is 0.0464. The van der Waals surface area contributed by atoms with E-state index in [0.717, 1.165) is 17.5 Å². The van der Waals surface area contributed by atoms with Gasteiger partial charge in [0.05, 0.1) is 11.5 Å². The summed E-state index contributed by atoms with van der Waals surface area (Å²) in [6, 6.07) is 4.69. The largest absolute Gasteiger partial charge is 0.465 e. The molecular weight excluding hydrogens is 380 g/mol. The summed E-state index contributed by atoms with van der Waals surface area (Å²) in [4.78, 5) is 10.8. The number of aliphatic hydroxyl groups is 1. The Morgan fingerprint density at radius 2 is 1.86 bits per heavy atom. The highest BCUT2D eigenvalue weighted by Crippen LogP contribution is 2.22. The lowest BCUT2D eigenvalue weighted by atomic mass is 9.99. The lowest BCUT2D eigenvalue weighted by Crippen LogP contribution is -2.39. The fourth-order valence-electron chi connectivity index (χ4n) is 3.08. The van der Waals surface area contributed by atoms with Gasteiger partial charge in [-0.05, 0) is 56.1 Å². The molecule has 7 nitrogen and oxygen atoms in total. The van der Waals surface area contributed by atoms with Crippen molar-refractivity contribution in [3.8, 4) is 0 Å². The van der Waals surface area contributed by atoms with Crippen LogP contribution in [0.1, 0.15) is 51.2 Å². The zero-order valence-electron chi connectivity index (χ0n) is 17.2. The molecule has 0 saturated carbocycles. The first-order valence-corrected chi connectivity index (χ1v) is 11.2. The topological polar surface area (TPSA) is 116 Å². The van der Waals surface area contributed by atoms with E-state index in [-0.39, 0.29) is 17.4 Å². The van der Waals surface area contributed by atoms with Crippen molar-refractivity contribution in [1.29, 1.82) is 0 Å². The first-order valence-electron chi connectivity index (χ1n) is 9.74. The predicted molar refractivity (Wildman–Crippen MR) is 110 cm³/mol. The number of hydrogen-bond acceptors (Lipinski definition) is 4. The maximum Gasteiger partial charge on any atom is 0.404 e. The van der Waals surface area contributed by atoms with Crippen molar-refractivity contribution in [2.45, 2.75) is 64.3 Å². The van der Waals surface area contributed by atoms with E-state index in [1.807, 2.05) is 19.9 Å². The van der Waals surface area contributed by atoms with Gasteiger partial charge in [-0.1, -0.05) is 38.5 Å². The van der Waals surface area contributed by atoms with Crippen LogP contribution in [0.25, 0.3) is 0 Å². The van der Waals surface area contributed by atoms with Crippen LogP contribution < -0.4 is 10.0 Å². The van der Waals surface area contributed by atoms with E-state index in [1.54, 1.807) is 12.1 Å². The van der Waals surface area contributed by atoms with Gasteiger partial charge in [-0.15, -0.1) is 0 Å². The second-order valence-electron chi connectivity index (χ2n) is 7.91. The van der Waals surface area contributed by atoms with Crippen molar-refractivity contribution in [3.63, 3.8) is 0 Å². The summed E-state index contributed by atoms with van der Waals surface area (Å²) in [5, 5.41) is 20.6. The number of carbonyl (C=O) groups is 1. The Kier molecular flexibility index (Phi) is 9.92. The lowest BCUT2D eigenvalue weighted by molar-refractivity contribution is 0.193. The molecule has 1 aromatic carbocycles. The molecule has 28 heavy (non-hydrogen) atoms. The molecule has 0 heterocycles. The fourth-order valence-corrected chi connectivity index (χ4v) is 4.57. The summed E-state index contributed by atoms with van der Waals surface area (Å²) in [6.07, 6.45) is 1.47. The number of carboxylic acid groups (broad SMARTS) is 1. The number of amides is 1. The minimum Gasteiger partial charge on any atom is -0.465 e. The Hall–Kier alpha value is -1.64. The Balaban J connectivity index is 2.86. The quantitative estimate of drug-likeness (QED) is 0.420. The van der Waals surface area contributed by atoms with Crippen molar-refractivity contribution in [2.75, 3.05) is 13.2 Å². The van der Waals surface area contributed by atoms with Crippen LogP contribution in [-0.2, 0) is 16.4 Å². The fraction of sp³-hybridized carbons (Fsp3) is 0.650. The van der Waals surface area contributed by atoms with E-state index < -0.39 is 22.2 Å². The molecule has 0 fully saturated rings. The van der Waals surface area contributed by atoms with Gasteiger partial charge in [0.25, 0.3) is 0 Å². The van der Waals surface area contributed by atoms with Gasteiger partial charge >= 0.3 is 6.09 Å². The average molecular weight is 415 g/mol. The molecule has 0 radical (unpaired) electrons. The first-order chi connectivity index (χ1) is 13.0. The van der Waals surface area contributed by atoms with Gasteiger partial charge in [-0.3, -0.25) is 0 Å². The number of rotatable bonds is 12. The summed E-state index contributed by atoms with van der Waals surface area (Å²) < 4.78 is 28.5. The molecule has 0 aliphatic carbocycles. The normalized spacial score (nSPS) is 14.1. The van der Waals surface area contributed by atoms with Crippen LogP contribution in [0.15, 0.2) is 23.1 Å². The van der Waals surface area contributed by atoms with Gasteiger partial charge < -0.3 is 15.5 Å². The van der Waals surface area contributed by atoms with Crippen LogP contribution in [-0.4, -0.2) is 43.9 Å². The van der Waals surface area contributed by atoms with Gasteiger partial charge in [0.15, 0.2) is 0 Å². The molecule has 1 unspecified atom stereocenters. The van der Waals surface area contributed by atoms with E-state index in [4.69, 9.17) is 5.11 Å². The van der Waals surface area contributed by atoms with Gasteiger partial charge in [0.1, 0.15) is 0 Å². The zero-order chi connectivity index (χ0) is 21.3. The molecule has 8 heteroatoms. The summed E-state index contributed by atoms with van der Waals surface area (Å²) in [5.41, 5.74) is 1.80. The average Bonchev–Trinajstić information content (AvgIpc) is 2.58. The summed E-state index contributed by atoms with van der Waals surface area (Å²) in [7, 11) is -3.77. The lowest BCUT2D eigenvalue weighted by Gasteiger charge is -2.21. The standard InChI is InChI=1S/C20H34N2O5S/c1-14(2)5-7-17-11-15(3)6-8-19(17)28(26,27)22-18(13-23)12-16(4)9-10-21-20(24)25/h6,8,11,14,16,18,21-23H,5,7,9-10,12-13H2,1-4H3,(H,24,25)/t16?,18-/m0/s1. The highest BCUT2D eigenvalue weighted by atomic mass is 32.2. The summed E-state index contributed by atoms with van der Waals surface area (Å²) in [5.74, 6) is 0.514. The maximum absolute atomic E-state index is 13.0. The summed E-state index contributed by atoms with van der Waals surface area (Å²) >= 11 is 0. The predicted octanol–water partition coefficient (Wildman–Crippen LogP) is 2.91. The van der Waals surface area contributed by atoms with Crippen molar-refractivity contribution in [2.24, 2.45) is 11.8 Å². The molecule has 0 bridgehead atoms. The highest BCUT2D eigenvalue weighted by Gasteiger charge is 2.24. The highest BCUT2D eigenvalue weighted by molar-refractivity contribution is 7.89. The third-order valence-corrected chi connectivity index (χ3v) is 6.26. The molecule has 2 atom stereocenters. The molecule has 4 N–H and O–H groups in total. The number of hydrogen-bond donors (Lipinski definition) is 4. The molecule has 0 spiro atoms. The Morgan fingerprint density at radius 1 is 1.18 bits per heavy atom. The third-order valence-electron chi connectivity index (χ3n) is 4.64. The van der Waals surface area contributed by atoms with E-state index in [2.05, 4.69) is 23.9 Å². The van der Waals surface area contributed by atoms with Gasteiger partial charge in [-0.25, -0.2) is 17.9 Å². The van der Waals surface area contributed by atoms with Crippen molar-refractivity contribution in [1.82, 2.24) is 10.0 Å². The molecule has 1 aromatic rings. The molecule has 1 rings (SSSR count). The monoisotopic (exact) mass is 414 g/mol. The van der Waals surface area contributed by atoms with E-state index >= 15 is 0 Å². The number of sulfonamides is 1. The van der Waals surface area contributed by atoms with Crippen LogP contribution in [0.2, 0.25) is 0 Å². The van der Waals surface area contributed by atoms with Crippen LogP contribution >= 0.6 is 0 Å². The molecule has 1 amide bonds. The number of aliphatic hydroxyl groups excluding tert-OH is 1. The Morgan fingerprint density at radius 3 is 2.43 bits per heavy atom. The molecule has 0 aliphatic heterocycles. The number of benzene rings is 1. The van der Waals surface area contributed by atoms with Crippen LogP contribution in [0, 0.1) is 18.8 Å². The van der Waals surface area contributed by atoms with Crippen LogP contribution in [0.3, 0.4) is 0 Å². The second-order valence-corrected chi connectivity index (χ2v) is 9.59. The van der Waals surface area contributed by atoms with E-state index in [9.17, 15) is 18.3 Å². The van der Waals surface area contributed by atoms with Gasteiger partial charge in [0, 0.05) is 12.6 Å². The molecule has 0 saturated heterocycles. The smallest absolute Gasteiger partial charge is 0.404 e. The minimum atomic E-state index is -3.77. The molecular formula is C20H34N2O5S. The molecule has 0 aromatic heterocycles. The zero-order valence-corrected chi connectivity index (χ0v) is 18.1. The second kappa shape index (κ2) is 11.4. The Bertz CT molecular complexity index is 734. The maximum atomic E-state index is 13.0. The SMILES string of the molecule is Cc1ccc(S(=O)(=O)N[C@H](CO)CC(C)CCNC(=O)O)c(CCC(C)C)c1. The van der Waals surface area contributed by atoms with Crippen molar-refractivity contribution < 1.29 is 23.4 Å². The van der Waals surface area contributed by atoms with Crippen molar-refractivity contribution in [3.05, 3.63) is 29.3 Å². The number of aryl methyl sites for hydroxylation is 2. The third kappa shape index (κ3) is 8.58.